The zero-order valence-electron chi connectivity index (χ0n) is 23.0. The molecule has 4 aromatic heterocycles. The van der Waals surface area contributed by atoms with Crippen LogP contribution in [0.5, 0.6) is 0 Å². The fourth-order valence-electron chi connectivity index (χ4n) is 5.85. The number of nitrogens with two attached hydrogens (primary N) is 2. The zero-order chi connectivity index (χ0) is 31.7. The molecule has 0 aromatic carbocycles. The number of ether oxygens (including phenoxy) is 3. The third kappa shape index (κ3) is 4.97. The van der Waals surface area contributed by atoms with Gasteiger partial charge in [0.05, 0.1) is 26.1 Å². The van der Waals surface area contributed by atoms with Crippen molar-refractivity contribution < 1.29 is 42.8 Å². The van der Waals surface area contributed by atoms with Gasteiger partial charge in [-0.3, -0.25) is 14.3 Å². The van der Waals surface area contributed by atoms with Gasteiger partial charge >= 0.3 is 6.72 Å². The van der Waals surface area contributed by atoms with Gasteiger partial charge < -0.3 is 49.8 Å². The SMILES string of the molecule is Nc1nc2c(nnn2[C@@H]2O[C@@](CO)(CF)C[C@H]2OP(O)(=S)OCCC23CO[C@@H]([C@H](n4cnc5c(N)ncnc54)O2)[C@@H]3O)c(=O)[nH]1. The van der Waals surface area contributed by atoms with Crippen molar-refractivity contribution >= 4 is 52.6 Å². The van der Waals surface area contributed by atoms with Crippen molar-refractivity contribution in [1.82, 2.24) is 44.5 Å². The average molecular weight is 672 g/mol. The quantitative estimate of drug-likeness (QED) is 0.101. The Morgan fingerprint density at radius 2 is 2.04 bits per heavy atom. The highest BCUT2D eigenvalue weighted by molar-refractivity contribution is 8.07. The monoisotopic (exact) mass is 671 g/mol. The molecule has 4 aromatic rings. The van der Waals surface area contributed by atoms with Crippen molar-refractivity contribution in [2.24, 2.45) is 0 Å². The normalized spacial score (nSPS) is 32.6. The Balaban J connectivity index is 1.07. The van der Waals surface area contributed by atoms with Crippen molar-refractivity contribution in [3.8, 4) is 0 Å². The lowest BCUT2D eigenvalue weighted by Gasteiger charge is -2.31. The summed E-state index contributed by atoms with van der Waals surface area (Å²) in [5.74, 6) is -0.0559. The first-order valence-corrected chi connectivity index (χ1v) is 16.1. The van der Waals surface area contributed by atoms with Crippen LogP contribution >= 0.6 is 6.72 Å². The summed E-state index contributed by atoms with van der Waals surface area (Å²) in [5, 5.41) is 28.7. The lowest BCUT2D eigenvalue weighted by Crippen LogP contribution is -2.41. The number of aromatic nitrogens is 9. The lowest BCUT2D eigenvalue weighted by atomic mass is 9.96. The van der Waals surface area contributed by atoms with Crippen LogP contribution in [0.2, 0.25) is 0 Å². The smallest absolute Gasteiger partial charge is 0.324 e. The molecule has 0 saturated carbocycles. The molecule has 3 aliphatic heterocycles. The molecular weight excluding hydrogens is 644 g/mol. The predicted molar refractivity (Wildman–Crippen MR) is 151 cm³/mol. The molecule has 23 heteroatoms. The number of rotatable bonds is 10. The van der Waals surface area contributed by atoms with Crippen LogP contribution < -0.4 is 17.0 Å². The predicted octanol–water partition coefficient (Wildman–Crippen LogP) is -1.83. The minimum absolute atomic E-state index is 0.0281. The number of aliphatic hydroxyl groups excluding tert-OH is 2. The van der Waals surface area contributed by atoms with E-state index < -0.39 is 67.5 Å². The number of nitrogens with one attached hydrogen (secondary N) is 1. The molecule has 3 saturated heterocycles. The molecule has 242 valence electrons. The van der Waals surface area contributed by atoms with Crippen LogP contribution in [0.1, 0.15) is 25.3 Å². The van der Waals surface area contributed by atoms with E-state index in [9.17, 15) is 24.3 Å². The van der Waals surface area contributed by atoms with Gasteiger partial charge in [0.15, 0.2) is 35.1 Å². The molecule has 8 atom stereocenters. The highest BCUT2D eigenvalue weighted by Crippen LogP contribution is 2.53. The minimum atomic E-state index is -4.09. The van der Waals surface area contributed by atoms with Gasteiger partial charge in [-0.15, -0.1) is 5.10 Å². The number of anilines is 2. The summed E-state index contributed by atoms with van der Waals surface area (Å²) in [6.45, 7) is -6.17. The number of imidazole rings is 1. The number of alkyl halides is 1. The molecule has 7 heterocycles. The molecule has 0 amide bonds. The van der Waals surface area contributed by atoms with Crippen molar-refractivity contribution in [3.63, 3.8) is 0 Å². The standard InChI is InChI=1S/C22H27FN11O9PS/c23-4-21(5-35)3-9(18(41-21)34-16-11(31-32-34)17(37)30-20(25)29-16)43-44(38,45)40-2-1-22-6-39-12(13(22)36)19(42-22)33-8-28-10-14(24)26-7-27-15(10)33/h7-9,12-13,18-19,35-36H,1-6H2,(H,38,45)(H2,24,26,27)(H3,25,29,30,37)/t9-,12-,13+,18-,19-,21-,22?,44?/m1/s1. The van der Waals surface area contributed by atoms with E-state index in [4.69, 9.17) is 46.5 Å². The minimum Gasteiger partial charge on any atom is -0.393 e. The summed E-state index contributed by atoms with van der Waals surface area (Å²) in [6.07, 6.45) is -2.69. The van der Waals surface area contributed by atoms with Crippen molar-refractivity contribution in [3.05, 3.63) is 23.0 Å². The lowest BCUT2D eigenvalue weighted by molar-refractivity contribution is -0.177. The van der Waals surface area contributed by atoms with Gasteiger partial charge in [-0.05, 0) is 11.8 Å². The molecule has 7 rings (SSSR count). The fraction of sp³-hybridized carbons (Fsp3) is 0.591. The van der Waals surface area contributed by atoms with E-state index in [1.165, 1.54) is 12.7 Å². The largest absolute Gasteiger partial charge is 0.393 e. The van der Waals surface area contributed by atoms with Crippen molar-refractivity contribution in [2.45, 2.75) is 54.8 Å². The number of fused-ring (bicyclic) bond motifs is 4. The number of aliphatic hydroxyl groups is 2. The summed E-state index contributed by atoms with van der Waals surface area (Å²) in [5.41, 5.74) is 8.39. The second-order valence-electron chi connectivity index (χ2n) is 10.9. The van der Waals surface area contributed by atoms with Crippen LogP contribution in [0.3, 0.4) is 0 Å². The molecule has 0 radical (unpaired) electrons. The summed E-state index contributed by atoms with van der Waals surface area (Å²) < 4.78 is 46.0. The molecule has 3 fully saturated rings. The maximum atomic E-state index is 14.1. The maximum Gasteiger partial charge on any atom is 0.324 e. The van der Waals surface area contributed by atoms with Crippen molar-refractivity contribution in [2.75, 3.05) is 38.0 Å². The number of H-pyrrole nitrogens is 1. The number of hydrogen-bond acceptors (Lipinski definition) is 17. The summed E-state index contributed by atoms with van der Waals surface area (Å²) in [7, 11) is 0. The van der Waals surface area contributed by atoms with E-state index in [1.807, 2.05) is 0 Å². The Hall–Kier alpha value is -3.31. The van der Waals surface area contributed by atoms with Gasteiger partial charge in [0.2, 0.25) is 5.95 Å². The van der Waals surface area contributed by atoms with E-state index in [0.29, 0.717) is 11.2 Å². The molecule has 20 nitrogen and oxygen atoms in total. The third-order valence-corrected chi connectivity index (χ3v) is 9.72. The van der Waals surface area contributed by atoms with Gasteiger partial charge in [0.1, 0.15) is 48.0 Å². The molecule has 2 unspecified atom stereocenters. The zero-order valence-corrected chi connectivity index (χ0v) is 24.8. The Bertz CT molecular complexity index is 1870. The van der Waals surface area contributed by atoms with E-state index >= 15 is 0 Å². The second-order valence-corrected chi connectivity index (χ2v) is 13.7. The number of nitrogens with zero attached hydrogens (tertiary/aromatic N) is 8. The Kier molecular flexibility index (Phi) is 7.35. The van der Waals surface area contributed by atoms with E-state index in [2.05, 4.69) is 35.2 Å². The van der Waals surface area contributed by atoms with E-state index in [1.54, 1.807) is 4.57 Å². The van der Waals surface area contributed by atoms with Crippen LogP contribution in [-0.2, 0) is 35.1 Å². The number of aromatic amines is 1. The highest BCUT2D eigenvalue weighted by Gasteiger charge is 2.61. The molecule has 45 heavy (non-hydrogen) atoms. The molecule has 0 aliphatic carbocycles. The number of halogens is 1. The van der Waals surface area contributed by atoms with Crippen LogP contribution in [0.4, 0.5) is 16.2 Å². The molecule has 3 aliphatic rings. The third-order valence-electron chi connectivity index (χ3n) is 8.10. The van der Waals surface area contributed by atoms with Crippen molar-refractivity contribution in [1.29, 1.82) is 0 Å². The van der Waals surface area contributed by atoms with Crippen LogP contribution in [0.15, 0.2) is 17.4 Å². The first-order valence-electron chi connectivity index (χ1n) is 13.5. The summed E-state index contributed by atoms with van der Waals surface area (Å²) in [4.78, 5) is 42.0. The fourth-order valence-corrected chi connectivity index (χ4v) is 7.31. The molecular formula is C22H27FN11O9PS. The van der Waals surface area contributed by atoms with E-state index in [-0.39, 0.29) is 49.0 Å². The van der Waals surface area contributed by atoms with Crippen LogP contribution in [-0.4, -0.2) is 116 Å². The van der Waals surface area contributed by atoms with Crippen LogP contribution in [0.25, 0.3) is 22.3 Å². The second kappa shape index (κ2) is 10.9. The number of hydrogen-bond donors (Lipinski definition) is 6. The van der Waals surface area contributed by atoms with Gasteiger partial charge in [0.25, 0.3) is 5.56 Å². The van der Waals surface area contributed by atoms with Gasteiger partial charge in [-0.2, -0.15) is 9.67 Å². The average Bonchev–Trinajstić information content (AvgIpc) is 3.81. The Morgan fingerprint density at radius 3 is 2.82 bits per heavy atom. The first-order chi connectivity index (χ1) is 21.5. The summed E-state index contributed by atoms with van der Waals surface area (Å²) >= 11 is 5.25. The summed E-state index contributed by atoms with van der Waals surface area (Å²) in [6, 6.07) is 0. The highest BCUT2D eigenvalue weighted by atomic mass is 32.5. The van der Waals surface area contributed by atoms with Gasteiger partial charge in [-0.25, -0.2) is 19.3 Å². The van der Waals surface area contributed by atoms with Gasteiger partial charge in [-0.1, -0.05) is 5.21 Å². The number of nitrogen functional groups attached to an aromatic ring is 2. The van der Waals surface area contributed by atoms with Gasteiger partial charge in [0, 0.05) is 12.8 Å². The molecule has 0 spiro atoms. The van der Waals surface area contributed by atoms with E-state index in [0.717, 1.165) is 4.68 Å². The topological polar surface area (TPSA) is 279 Å². The molecule has 8 N–H and O–H groups in total. The first kappa shape index (κ1) is 30.3. The molecule has 2 bridgehead atoms. The Labute approximate surface area is 255 Å². The Morgan fingerprint density at radius 1 is 1.22 bits per heavy atom. The maximum absolute atomic E-state index is 14.1. The van der Waals surface area contributed by atoms with Crippen LogP contribution in [0, 0.1) is 0 Å².